The Bertz CT molecular complexity index is 645. The van der Waals surface area contributed by atoms with Gasteiger partial charge in [0.05, 0.1) is 12.6 Å². The fraction of sp³-hybridized carbons (Fsp3) is 0.389. The first-order valence-corrected chi connectivity index (χ1v) is 7.81. The monoisotopic (exact) mass is 298 g/mol. The summed E-state index contributed by atoms with van der Waals surface area (Å²) in [6, 6.07) is 14.4. The van der Waals surface area contributed by atoms with Crippen LogP contribution in [0.25, 0.3) is 10.8 Å². The molecule has 116 valence electrons. The van der Waals surface area contributed by atoms with Crippen molar-refractivity contribution in [3.63, 3.8) is 0 Å². The summed E-state index contributed by atoms with van der Waals surface area (Å²) in [6.07, 6.45) is 2.32. The molecule has 1 fully saturated rings. The first kappa shape index (κ1) is 14.9. The second kappa shape index (κ2) is 6.79. The molecule has 1 heterocycles. The van der Waals surface area contributed by atoms with E-state index in [9.17, 15) is 4.79 Å². The molecular weight excluding hydrogens is 276 g/mol. The summed E-state index contributed by atoms with van der Waals surface area (Å²) in [7, 11) is 1.95. The summed E-state index contributed by atoms with van der Waals surface area (Å²) in [4.78, 5) is 14.1. The molecule has 0 aromatic heterocycles. The number of nitrogens with one attached hydrogen (secondary N) is 1. The number of carbonyl (C=O) groups is 1. The molecule has 22 heavy (non-hydrogen) atoms. The quantitative estimate of drug-likeness (QED) is 0.922. The van der Waals surface area contributed by atoms with Crippen molar-refractivity contribution in [2.24, 2.45) is 0 Å². The zero-order valence-electron chi connectivity index (χ0n) is 12.9. The van der Waals surface area contributed by atoms with Crippen molar-refractivity contribution in [2.75, 3.05) is 31.6 Å². The van der Waals surface area contributed by atoms with E-state index in [0.717, 1.165) is 25.1 Å². The number of amides is 1. The minimum atomic E-state index is 0.0333. The number of benzene rings is 2. The highest BCUT2D eigenvalue weighted by Gasteiger charge is 2.17. The Kier molecular flexibility index (Phi) is 4.59. The van der Waals surface area contributed by atoms with Gasteiger partial charge in [-0.15, -0.1) is 0 Å². The van der Waals surface area contributed by atoms with Crippen molar-refractivity contribution in [2.45, 2.75) is 18.9 Å². The van der Waals surface area contributed by atoms with Crippen LogP contribution in [0.1, 0.15) is 12.8 Å². The molecule has 1 amide bonds. The van der Waals surface area contributed by atoms with Crippen LogP contribution in [0, 0.1) is 0 Å². The van der Waals surface area contributed by atoms with Gasteiger partial charge in [-0.1, -0.05) is 36.4 Å². The Labute approximate surface area is 131 Å². The molecule has 4 nitrogen and oxygen atoms in total. The molecule has 0 bridgehead atoms. The molecule has 2 aromatic rings. The molecule has 0 saturated carbocycles. The Morgan fingerprint density at radius 1 is 1.27 bits per heavy atom. The molecule has 0 radical (unpaired) electrons. The van der Waals surface area contributed by atoms with Crippen LogP contribution in [0.4, 0.5) is 5.69 Å². The highest BCUT2D eigenvalue weighted by atomic mass is 16.5. The number of rotatable bonds is 5. The second-order valence-corrected chi connectivity index (χ2v) is 5.79. The predicted molar refractivity (Wildman–Crippen MR) is 89.2 cm³/mol. The van der Waals surface area contributed by atoms with E-state index in [1.54, 1.807) is 0 Å². The summed E-state index contributed by atoms with van der Waals surface area (Å²) in [5.41, 5.74) is 1.07. The van der Waals surface area contributed by atoms with Crippen LogP contribution >= 0.6 is 0 Å². The van der Waals surface area contributed by atoms with Gasteiger partial charge in [0.2, 0.25) is 5.91 Å². The first-order valence-electron chi connectivity index (χ1n) is 7.81. The largest absolute Gasteiger partial charge is 0.376 e. The molecule has 3 rings (SSSR count). The molecule has 0 spiro atoms. The third-order valence-electron chi connectivity index (χ3n) is 4.11. The van der Waals surface area contributed by atoms with E-state index < -0.39 is 0 Å². The minimum absolute atomic E-state index is 0.0333. The molecule has 2 aromatic carbocycles. The summed E-state index contributed by atoms with van der Waals surface area (Å²) in [5, 5.41) is 5.32. The zero-order chi connectivity index (χ0) is 15.4. The summed E-state index contributed by atoms with van der Waals surface area (Å²) in [6.45, 7) is 1.78. The topological polar surface area (TPSA) is 41.6 Å². The van der Waals surface area contributed by atoms with Crippen LogP contribution in [0.2, 0.25) is 0 Å². The van der Waals surface area contributed by atoms with Gasteiger partial charge in [-0.3, -0.25) is 4.79 Å². The van der Waals surface area contributed by atoms with Gasteiger partial charge in [0.1, 0.15) is 0 Å². The predicted octanol–water partition coefficient (Wildman–Crippen LogP) is 2.57. The lowest BCUT2D eigenvalue weighted by Crippen LogP contribution is -2.38. The maximum absolute atomic E-state index is 12.1. The van der Waals surface area contributed by atoms with E-state index >= 15 is 0 Å². The molecule has 1 atom stereocenters. The zero-order valence-corrected chi connectivity index (χ0v) is 12.9. The number of likely N-dealkylation sites (N-methyl/N-ethyl adjacent to an activating group) is 1. The normalized spacial score (nSPS) is 17.6. The van der Waals surface area contributed by atoms with Crippen molar-refractivity contribution in [3.05, 3.63) is 42.5 Å². The number of carbonyl (C=O) groups excluding carboxylic acids is 1. The van der Waals surface area contributed by atoms with Gasteiger partial charge in [-0.2, -0.15) is 0 Å². The van der Waals surface area contributed by atoms with Gasteiger partial charge in [0.15, 0.2) is 0 Å². The van der Waals surface area contributed by atoms with E-state index in [1.165, 1.54) is 10.8 Å². The molecule has 1 saturated heterocycles. The average Bonchev–Trinajstić information content (AvgIpc) is 3.06. The van der Waals surface area contributed by atoms with Gasteiger partial charge in [-0.25, -0.2) is 0 Å². The Morgan fingerprint density at radius 2 is 2.09 bits per heavy atom. The van der Waals surface area contributed by atoms with Crippen molar-refractivity contribution in [1.82, 2.24) is 5.32 Å². The lowest BCUT2D eigenvalue weighted by Gasteiger charge is -2.21. The maximum atomic E-state index is 12.1. The number of hydrogen-bond acceptors (Lipinski definition) is 3. The summed E-state index contributed by atoms with van der Waals surface area (Å²) >= 11 is 0. The van der Waals surface area contributed by atoms with Crippen LogP contribution in [0.15, 0.2) is 42.5 Å². The third-order valence-corrected chi connectivity index (χ3v) is 4.11. The minimum Gasteiger partial charge on any atom is -0.376 e. The fourth-order valence-corrected chi connectivity index (χ4v) is 2.93. The van der Waals surface area contributed by atoms with Crippen LogP contribution in [0.5, 0.6) is 0 Å². The summed E-state index contributed by atoms with van der Waals surface area (Å²) < 4.78 is 5.52. The van der Waals surface area contributed by atoms with Crippen molar-refractivity contribution >= 4 is 22.4 Å². The van der Waals surface area contributed by atoms with Crippen molar-refractivity contribution in [1.29, 1.82) is 0 Å². The van der Waals surface area contributed by atoms with Gasteiger partial charge < -0.3 is 15.0 Å². The third kappa shape index (κ3) is 3.39. The molecular formula is C18H22N2O2. The molecule has 1 unspecified atom stereocenters. The highest BCUT2D eigenvalue weighted by molar-refractivity contribution is 5.95. The van der Waals surface area contributed by atoms with Crippen LogP contribution < -0.4 is 10.2 Å². The maximum Gasteiger partial charge on any atom is 0.239 e. The molecule has 1 N–H and O–H groups in total. The second-order valence-electron chi connectivity index (χ2n) is 5.79. The van der Waals surface area contributed by atoms with E-state index in [2.05, 4.69) is 29.6 Å². The van der Waals surface area contributed by atoms with Gasteiger partial charge in [-0.05, 0) is 24.3 Å². The standard InChI is InChI=1S/C18H22N2O2/c1-20(13-18(21)19-12-15-8-5-11-22-15)17-10-4-7-14-6-2-3-9-16(14)17/h2-4,6-7,9-10,15H,5,8,11-13H2,1H3,(H,19,21). The number of ether oxygens (including phenoxy) is 1. The number of fused-ring (bicyclic) bond motifs is 1. The van der Waals surface area contributed by atoms with Crippen molar-refractivity contribution < 1.29 is 9.53 Å². The Hall–Kier alpha value is -2.07. The van der Waals surface area contributed by atoms with Gasteiger partial charge in [0.25, 0.3) is 0 Å². The van der Waals surface area contributed by atoms with Gasteiger partial charge in [0, 0.05) is 31.3 Å². The van der Waals surface area contributed by atoms with E-state index in [0.29, 0.717) is 13.1 Å². The van der Waals surface area contributed by atoms with Crippen LogP contribution in [-0.4, -0.2) is 38.8 Å². The highest BCUT2D eigenvalue weighted by Crippen LogP contribution is 2.25. The molecule has 1 aliphatic rings. The Balaban J connectivity index is 1.62. The van der Waals surface area contributed by atoms with Crippen molar-refractivity contribution in [3.8, 4) is 0 Å². The SMILES string of the molecule is CN(CC(=O)NCC1CCCO1)c1cccc2ccccc12. The van der Waals surface area contributed by atoms with E-state index in [-0.39, 0.29) is 12.0 Å². The molecule has 4 heteroatoms. The summed E-state index contributed by atoms with van der Waals surface area (Å²) in [5.74, 6) is 0.0333. The van der Waals surface area contributed by atoms with Crippen LogP contribution in [-0.2, 0) is 9.53 Å². The fourth-order valence-electron chi connectivity index (χ4n) is 2.93. The molecule has 0 aliphatic carbocycles. The lowest BCUT2D eigenvalue weighted by atomic mass is 10.1. The average molecular weight is 298 g/mol. The Morgan fingerprint density at radius 3 is 2.91 bits per heavy atom. The number of anilines is 1. The smallest absolute Gasteiger partial charge is 0.239 e. The van der Waals surface area contributed by atoms with Gasteiger partial charge >= 0.3 is 0 Å². The number of nitrogens with zero attached hydrogens (tertiary/aromatic N) is 1. The van der Waals surface area contributed by atoms with Crippen LogP contribution in [0.3, 0.4) is 0 Å². The number of hydrogen-bond donors (Lipinski definition) is 1. The van der Waals surface area contributed by atoms with E-state index in [4.69, 9.17) is 4.74 Å². The lowest BCUT2D eigenvalue weighted by molar-refractivity contribution is -0.120. The van der Waals surface area contributed by atoms with E-state index in [1.807, 2.05) is 30.1 Å². The molecule has 1 aliphatic heterocycles. The first-order chi connectivity index (χ1) is 10.7.